The number of nitrogen functional groups attached to an aromatic ring is 1. The molecule has 0 aliphatic carbocycles. The average molecular weight is 297 g/mol. The maximum Gasteiger partial charge on any atom is 0.264 e. The van der Waals surface area contributed by atoms with Gasteiger partial charge in [-0.15, -0.1) is 0 Å². The Labute approximate surface area is 117 Å². The van der Waals surface area contributed by atoms with Gasteiger partial charge >= 0.3 is 0 Å². The zero-order valence-corrected chi connectivity index (χ0v) is 11.8. The van der Waals surface area contributed by atoms with Crippen LogP contribution in [0, 0.1) is 0 Å². The van der Waals surface area contributed by atoms with Gasteiger partial charge in [0.1, 0.15) is 0 Å². The molecule has 2 N–H and O–H groups in total. The quantitative estimate of drug-likeness (QED) is 0.886. The summed E-state index contributed by atoms with van der Waals surface area (Å²) in [7, 11) is -2.17. The summed E-state index contributed by atoms with van der Waals surface area (Å²) in [4.78, 5) is 0.169. The molecule has 0 atom stereocenters. The number of nitrogens with two attached hydrogens (primary N) is 1. The van der Waals surface area contributed by atoms with Crippen LogP contribution in [-0.4, -0.2) is 15.5 Å². The monoisotopic (exact) mass is 296 g/mol. The number of anilines is 2. The Bertz CT molecular complexity index is 684. The third kappa shape index (κ3) is 2.67. The lowest BCUT2D eigenvalue weighted by molar-refractivity contribution is 0.594. The fourth-order valence-electron chi connectivity index (χ4n) is 1.67. The lowest BCUT2D eigenvalue weighted by Gasteiger charge is -2.21. The first-order chi connectivity index (χ1) is 8.93. The van der Waals surface area contributed by atoms with E-state index in [-0.39, 0.29) is 4.90 Å². The molecular formula is C13H13ClN2O2S. The highest BCUT2D eigenvalue weighted by molar-refractivity contribution is 7.92. The number of rotatable bonds is 3. The number of hydrogen-bond donors (Lipinski definition) is 1. The first kappa shape index (κ1) is 13.7. The van der Waals surface area contributed by atoms with Crippen molar-refractivity contribution in [1.29, 1.82) is 0 Å². The Hall–Kier alpha value is -1.72. The van der Waals surface area contributed by atoms with Gasteiger partial charge in [0.15, 0.2) is 0 Å². The molecule has 0 amide bonds. The maximum atomic E-state index is 12.4. The van der Waals surface area contributed by atoms with Crippen LogP contribution >= 0.6 is 11.6 Å². The smallest absolute Gasteiger partial charge is 0.264 e. The second kappa shape index (κ2) is 5.11. The molecule has 0 aliphatic rings. The molecule has 100 valence electrons. The lowest BCUT2D eigenvalue weighted by Crippen LogP contribution is -2.27. The van der Waals surface area contributed by atoms with E-state index in [1.165, 1.54) is 31.3 Å². The zero-order valence-electron chi connectivity index (χ0n) is 10.2. The van der Waals surface area contributed by atoms with E-state index in [1.807, 2.05) is 0 Å². The van der Waals surface area contributed by atoms with Crippen molar-refractivity contribution in [3.8, 4) is 0 Å². The van der Waals surface area contributed by atoms with Crippen molar-refractivity contribution in [3.05, 3.63) is 53.6 Å². The van der Waals surface area contributed by atoms with Crippen LogP contribution in [0.3, 0.4) is 0 Å². The topological polar surface area (TPSA) is 63.4 Å². The second-order valence-electron chi connectivity index (χ2n) is 3.99. The average Bonchev–Trinajstić information content (AvgIpc) is 2.39. The predicted molar refractivity (Wildman–Crippen MR) is 77.9 cm³/mol. The van der Waals surface area contributed by atoms with Gasteiger partial charge < -0.3 is 5.73 Å². The summed E-state index contributed by atoms with van der Waals surface area (Å²) in [5, 5.41) is 0.487. The number of nitrogens with zero attached hydrogens (tertiary/aromatic N) is 1. The zero-order chi connectivity index (χ0) is 14.0. The van der Waals surface area contributed by atoms with E-state index >= 15 is 0 Å². The van der Waals surface area contributed by atoms with Gasteiger partial charge in [-0.2, -0.15) is 0 Å². The molecule has 2 rings (SSSR count). The van der Waals surface area contributed by atoms with Crippen molar-refractivity contribution >= 4 is 33.0 Å². The number of halogens is 1. The van der Waals surface area contributed by atoms with Crippen LogP contribution in [-0.2, 0) is 10.0 Å². The first-order valence-corrected chi connectivity index (χ1v) is 7.34. The Kier molecular flexibility index (Phi) is 3.68. The van der Waals surface area contributed by atoms with Crippen LogP contribution in [0.25, 0.3) is 0 Å². The molecule has 0 aromatic heterocycles. The van der Waals surface area contributed by atoms with E-state index in [2.05, 4.69) is 0 Å². The van der Waals surface area contributed by atoms with Gasteiger partial charge in [-0.05, 0) is 36.4 Å². The van der Waals surface area contributed by atoms with Gasteiger partial charge in [0, 0.05) is 12.1 Å². The van der Waals surface area contributed by atoms with Gasteiger partial charge in [-0.1, -0.05) is 23.7 Å². The van der Waals surface area contributed by atoms with Crippen LogP contribution in [0.2, 0.25) is 5.02 Å². The van der Waals surface area contributed by atoms with Gasteiger partial charge in [-0.25, -0.2) is 8.42 Å². The molecule has 0 heterocycles. The fourth-order valence-corrected chi connectivity index (χ4v) is 3.02. The molecule has 4 nitrogen and oxygen atoms in total. The SMILES string of the molecule is CN(c1ccccc1N)S(=O)(=O)c1ccc(Cl)cc1. The first-order valence-electron chi connectivity index (χ1n) is 5.52. The highest BCUT2D eigenvalue weighted by Crippen LogP contribution is 2.27. The summed E-state index contributed by atoms with van der Waals surface area (Å²) in [5.74, 6) is 0. The minimum absolute atomic E-state index is 0.169. The third-order valence-corrected chi connectivity index (χ3v) is 4.79. The van der Waals surface area contributed by atoms with E-state index in [0.717, 1.165) is 4.31 Å². The second-order valence-corrected chi connectivity index (χ2v) is 6.39. The summed E-state index contributed by atoms with van der Waals surface area (Å²) < 4.78 is 26.0. The minimum Gasteiger partial charge on any atom is -0.397 e. The van der Waals surface area contributed by atoms with E-state index in [9.17, 15) is 8.42 Å². The number of para-hydroxylation sites is 2. The molecule has 2 aromatic carbocycles. The number of hydrogen-bond acceptors (Lipinski definition) is 3. The Morgan fingerprint density at radius 1 is 1.05 bits per heavy atom. The third-order valence-electron chi connectivity index (χ3n) is 2.75. The van der Waals surface area contributed by atoms with E-state index in [1.54, 1.807) is 24.3 Å². The number of benzene rings is 2. The van der Waals surface area contributed by atoms with Gasteiger partial charge in [0.05, 0.1) is 16.3 Å². The molecule has 19 heavy (non-hydrogen) atoms. The summed E-state index contributed by atoms with van der Waals surface area (Å²) in [6, 6.07) is 12.8. The Balaban J connectivity index is 2.45. The maximum absolute atomic E-state index is 12.4. The molecular weight excluding hydrogens is 284 g/mol. The molecule has 0 aliphatic heterocycles. The van der Waals surface area contributed by atoms with E-state index in [0.29, 0.717) is 16.4 Å². The highest BCUT2D eigenvalue weighted by Gasteiger charge is 2.22. The van der Waals surface area contributed by atoms with Crippen LogP contribution in [0.1, 0.15) is 0 Å². The number of sulfonamides is 1. The molecule has 0 unspecified atom stereocenters. The van der Waals surface area contributed by atoms with Crippen LogP contribution in [0.4, 0.5) is 11.4 Å². The normalized spacial score (nSPS) is 11.3. The Morgan fingerprint density at radius 2 is 1.63 bits per heavy atom. The van der Waals surface area contributed by atoms with Crippen LogP contribution in [0.5, 0.6) is 0 Å². The molecule has 0 bridgehead atoms. The van der Waals surface area contributed by atoms with Crippen molar-refractivity contribution in [2.75, 3.05) is 17.1 Å². The highest BCUT2D eigenvalue weighted by atomic mass is 35.5. The summed E-state index contributed by atoms with van der Waals surface area (Å²) in [6.07, 6.45) is 0. The standard InChI is InChI=1S/C13H13ClN2O2S/c1-16(13-5-3-2-4-12(13)15)19(17,18)11-8-6-10(14)7-9-11/h2-9H,15H2,1H3. The predicted octanol–water partition coefficient (Wildman–Crippen LogP) is 2.75. The molecule has 0 spiro atoms. The van der Waals surface area contributed by atoms with Crippen molar-refractivity contribution in [2.24, 2.45) is 0 Å². The fraction of sp³-hybridized carbons (Fsp3) is 0.0769. The van der Waals surface area contributed by atoms with Crippen molar-refractivity contribution in [2.45, 2.75) is 4.90 Å². The summed E-state index contributed by atoms with van der Waals surface area (Å²) >= 11 is 5.76. The van der Waals surface area contributed by atoms with E-state index < -0.39 is 10.0 Å². The van der Waals surface area contributed by atoms with Gasteiger partial charge in [-0.3, -0.25) is 4.31 Å². The molecule has 2 aromatic rings. The molecule has 0 radical (unpaired) electrons. The van der Waals surface area contributed by atoms with Crippen LogP contribution < -0.4 is 10.0 Å². The van der Waals surface area contributed by atoms with Crippen molar-refractivity contribution in [3.63, 3.8) is 0 Å². The molecule has 6 heteroatoms. The van der Waals surface area contributed by atoms with Gasteiger partial charge in [0.2, 0.25) is 0 Å². The Morgan fingerprint density at radius 3 is 2.21 bits per heavy atom. The minimum atomic E-state index is -3.64. The molecule has 0 saturated carbocycles. The van der Waals surface area contributed by atoms with Crippen LogP contribution in [0.15, 0.2) is 53.4 Å². The molecule has 0 saturated heterocycles. The summed E-state index contributed by atoms with van der Waals surface area (Å²) in [6.45, 7) is 0. The van der Waals surface area contributed by atoms with Gasteiger partial charge in [0.25, 0.3) is 10.0 Å². The van der Waals surface area contributed by atoms with Crippen molar-refractivity contribution in [1.82, 2.24) is 0 Å². The van der Waals surface area contributed by atoms with Crippen molar-refractivity contribution < 1.29 is 8.42 Å². The largest absolute Gasteiger partial charge is 0.397 e. The summed E-state index contributed by atoms with van der Waals surface area (Å²) in [5.41, 5.74) is 6.64. The molecule has 0 fully saturated rings. The van der Waals surface area contributed by atoms with E-state index in [4.69, 9.17) is 17.3 Å². The lowest BCUT2D eigenvalue weighted by atomic mass is 10.3.